The van der Waals surface area contributed by atoms with Gasteiger partial charge in [-0.1, -0.05) is 0 Å². The predicted molar refractivity (Wildman–Crippen MR) is 54.4 cm³/mol. The van der Waals surface area contributed by atoms with E-state index in [0.717, 1.165) is 6.08 Å². The second kappa shape index (κ2) is 4.05. The number of hydrogen-bond acceptors (Lipinski definition) is 6. The fourth-order valence-corrected chi connectivity index (χ4v) is 2.11. The highest BCUT2D eigenvalue weighted by molar-refractivity contribution is 5.99. The van der Waals surface area contributed by atoms with E-state index in [-0.39, 0.29) is 6.42 Å². The molecule has 1 heterocycles. The first kappa shape index (κ1) is 12.0. The van der Waals surface area contributed by atoms with Crippen molar-refractivity contribution >= 4 is 11.9 Å². The first-order valence-corrected chi connectivity index (χ1v) is 5.01. The Labute approximate surface area is 99.3 Å². The van der Waals surface area contributed by atoms with Gasteiger partial charge in [-0.15, -0.1) is 0 Å². The van der Waals surface area contributed by atoms with Crippen molar-refractivity contribution in [2.45, 2.75) is 18.5 Å². The SMILES string of the molecule is O=C1NC(=O)C2CC([N+](=O)[O-])C=C([N+](=O)[O-])C2N1. The van der Waals surface area contributed by atoms with E-state index < -0.39 is 45.5 Å². The minimum absolute atomic E-state index is 0.179. The molecule has 10 nitrogen and oxygen atoms in total. The lowest BCUT2D eigenvalue weighted by molar-refractivity contribution is -0.516. The predicted octanol–water partition coefficient (Wildman–Crippen LogP) is -0.980. The van der Waals surface area contributed by atoms with Gasteiger partial charge >= 0.3 is 6.03 Å². The third-order valence-electron chi connectivity index (χ3n) is 2.92. The quantitative estimate of drug-likeness (QED) is 0.479. The van der Waals surface area contributed by atoms with Crippen LogP contribution in [-0.2, 0) is 4.79 Å². The van der Waals surface area contributed by atoms with Gasteiger partial charge in [-0.05, 0) is 0 Å². The summed E-state index contributed by atoms with van der Waals surface area (Å²) in [4.78, 5) is 42.6. The van der Waals surface area contributed by atoms with E-state index in [1.807, 2.05) is 5.32 Å². The average Bonchev–Trinajstić information content (AvgIpc) is 2.27. The van der Waals surface area contributed by atoms with Crippen LogP contribution in [0.5, 0.6) is 0 Å². The van der Waals surface area contributed by atoms with Crippen LogP contribution in [0, 0.1) is 26.1 Å². The van der Waals surface area contributed by atoms with Crippen LogP contribution < -0.4 is 10.6 Å². The van der Waals surface area contributed by atoms with Gasteiger partial charge in [0, 0.05) is 11.3 Å². The Morgan fingerprint density at radius 3 is 2.50 bits per heavy atom. The van der Waals surface area contributed by atoms with E-state index in [9.17, 15) is 29.8 Å². The molecule has 3 atom stereocenters. The van der Waals surface area contributed by atoms with Gasteiger partial charge < -0.3 is 5.32 Å². The Morgan fingerprint density at radius 1 is 1.28 bits per heavy atom. The second-order valence-corrected chi connectivity index (χ2v) is 3.98. The molecule has 0 aromatic carbocycles. The van der Waals surface area contributed by atoms with E-state index in [4.69, 9.17) is 0 Å². The zero-order chi connectivity index (χ0) is 13.4. The molecule has 0 aromatic rings. The number of nitrogens with one attached hydrogen (secondary N) is 2. The molecule has 3 amide bonds. The van der Waals surface area contributed by atoms with Crippen molar-refractivity contribution in [1.82, 2.24) is 10.6 Å². The van der Waals surface area contributed by atoms with Crippen LogP contribution in [0.25, 0.3) is 0 Å². The molecule has 0 saturated carbocycles. The number of nitrogens with zero attached hydrogens (tertiary/aromatic N) is 2. The summed E-state index contributed by atoms with van der Waals surface area (Å²) >= 11 is 0. The highest BCUT2D eigenvalue weighted by Gasteiger charge is 2.49. The van der Waals surface area contributed by atoms with Crippen LogP contribution in [0.2, 0.25) is 0 Å². The third-order valence-corrected chi connectivity index (χ3v) is 2.92. The van der Waals surface area contributed by atoms with E-state index >= 15 is 0 Å². The number of carbonyl (C=O) groups excluding carboxylic acids is 2. The summed E-state index contributed by atoms with van der Waals surface area (Å²) in [5.74, 6) is -1.73. The summed E-state index contributed by atoms with van der Waals surface area (Å²) in [5, 5.41) is 25.7. The van der Waals surface area contributed by atoms with Gasteiger partial charge in [-0.2, -0.15) is 0 Å². The number of nitro groups is 2. The van der Waals surface area contributed by atoms with Crippen LogP contribution >= 0.6 is 0 Å². The summed E-state index contributed by atoms with van der Waals surface area (Å²) in [7, 11) is 0. The lowest BCUT2D eigenvalue weighted by atomic mass is 9.83. The van der Waals surface area contributed by atoms with Crippen LogP contribution in [0.15, 0.2) is 11.8 Å². The number of fused-ring (bicyclic) bond motifs is 1. The molecule has 1 aliphatic carbocycles. The normalized spacial score (nSPS) is 30.7. The van der Waals surface area contributed by atoms with Gasteiger partial charge in [-0.3, -0.25) is 30.3 Å². The molecule has 0 spiro atoms. The smallest absolute Gasteiger partial charge is 0.322 e. The monoisotopic (exact) mass is 256 g/mol. The minimum atomic E-state index is -1.30. The van der Waals surface area contributed by atoms with Crippen LogP contribution in [0.3, 0.4) is 0 Å². The van der Waals surface area contributed by atoms with Gasteiger partial charge in [0.1, 0.15) is 6.04 Å². The van der Waals surface area contributed by atoms with Crippen LogP contribution in [0.4, 0.5) is 4.79 Å². The maximum atomic E-state index is 11.5. The molecule has 1 aliphatic heterocycles. The Kier molecular flexibility index (Phi) is 2.69. The molecular weight excluding hydrogens is 248 g/mol. The molecule has 1 fully saturated rings. The molecule has 10 heteroatoms. The summed E-state index contributed by atoms with van der Waals surface area (Å²) in [6, 6.07) is -3.25. The molecule has 0 radical (unpaired) electrons. The molecule has 2 rings (SSSR count). The maximum absolute atomic E-state index is 11.5. The van der Waals surface area contributed by atoms with Crippen molar-refractivity contribution in [2.75, 3.05) is 0 Å². The molecule has 18 heavy (non-hydrogen) atoms. The molecular formula is C8H8N4O6. The highest BCUT2D eigenvalue weighted by Crippen LogP contribution is 2.28. The highest BCUT2D eigenvalue weighted by atomic mass is 16.6. The number of rotatable bonds is 2. The molecule has 0 aromatic heterocycles. The van der Waals surface area contributed by atoms with Crippen molar-refractivity contribution < 1.29 is 19.4 Å². The summed E-state index contributed by atoms with van der Waals surface area (Å²) in [5.41, 5.74) is -0.517. The molecule has 2 N–H and O–H groups in total. The van der Waals surface area contributed by atoms with Crippen molar-refractivity contribution in [3.8, 4) is 0 Å². The van der Waals surface area contributed by atoms with Gasteiger partial charge in [-0.25, -0.2) is 4.79 Å². The minimum Gasteiger partial charge on any atom is -0.324 e. The van der Waals surface area contributed by atoms with Crippen molar-refractivity contribution in [3.05, 3.63) is 32.0 Å². The average molecular weight is 256 g/mol. The number of hydrogen-bond donors (Lipinski definition) is 2. The molecule has 3 unspecified atom stereocenters. The number of imide groups is 1. The van der Waals surface area contributed by atoms with Crippen LogP contribution in [-0.4, -0.2) is 33.9 Å². The van der Waals surface area contributed by atoms with Crippen molar-refractivity contribution in [1.29, 1.82) is 0 Å². The van der Waals surface area contributed by atoms with E-state index in [1.54, 1.807) is 0 Å². The van der Waals surface area contributed by atoms with Gasteiger partial charge in [0.05, 0.1) is 16.9 Å². The largest absolute Gasteiger partial charge is 0.324 e. The Hall–Kier alpha value is -2.52. The molecule has 2 aliphatic rings. The summed E-state index contributed by atoms with van der Waals surface area (Å²) in [6.07, 6.45) is 0.696. The Balaban J connectivity index is 2.40. The Bertz CT molecular complexity index is 486. The van der Waals surface area contributed by atoms with E-state index in [1.165, 1.54) is 0 Å². The lowest BCUT2D eigenvalue weighted by Crippen LogP contribution is -2.61. The van der Waals surface area contributed by atoms with Crippen molar-refractivity contribution in [3.63, 3.8) is 0 Å². The standard InChI is InChI=1S/C8H8N4O6/c13-7-4-1-3(11(15)16)2-5(12(17)18)6(4)9-8(14)10-7/h2-4,6H,1H2,(H2,9,10,13,14). The fourth-order valence-electron chi connectivity index (χ4n) is 2.11. The van der Waals surface area contributed by atoms with Crippen molar-refractivity contribution in [2.24, 2.45) is 5.92 Å². The zero-order valence-electron chi connectivity index (χ0n) is 8.86. The molecule has 0 bridgehead atoms. The lowest BCUT2D eigenvalue weighted by Gasteiger charge is -2.32. The Morgan fingerprint density at radius 2 is 1.94 bits per heavy atom. The third kappa shape index (κ3) is 1.87. The maximum Gasteiger partial charge on any atom is 0.322 e. The van der Waals surface area contributed by atoms with Gasteiger partial charge in [0.15, 0.2) is 0 Å². The summed E-state index contributed by atoms with van der Waals surface area (Å²) < 4.78 is 0. The first-order valence-electron chi connectivity index (χ1n) is 5.01. The topological polar surface area (TPSA) is 144 Å². The van der Waals surface area contributed by atoms with E-state index in [2.05, 4.69) is 5.32 Å². The van der Waals surface area contributed by atoms with E-state index in [0.29, 0.717) is 0 Å². The number of urea groups is 1. The number of amides is 3. The molecule has 96 valence electrons. The first-order chi connectivity index (χ1) is 8.40. The van der Waals surface area contributed by atoms with Crippen LogP contribution in [0.1, 0.15) is 6.42 Å². The number of carbonyl (C=O) groups is 2. The van der Waals surface area contributed by atoms with Gasteiger partial charge in [0.25, 0.3) is 5.70 Å². The molecule has 1 saturated heterocycles. The second-order valence-electron chi connectivity index (χ2n) is 3.98. The fraction of sp³-hybridized carbons (Fsp3) is 0.500. The summed E-state index contributed by atoms with van der Waals surface area (Å²) in [6.45, 7) is 0. The van der Waals surface area contributed by atoms with Gasteiger partial charge in [0.2, 0.25) is 11.9 Å². The zero-order valence-corrected chi connectivity index (χ0v) is 8.86.